The summed E-state index contributed by atoms with van der Waals surface area (Å²) in [6.07, 6.45) is 0.765. The Morgan fingerprint density at radius 2 is 2.25 bits per heavy atom. The topological polar surface area (TPSA) is 67.4 Å². The lowest BCUT2D eigenvalue weighted by molar-refractivity contribution is -0.122. The zero-order chi connectivity index (χ0) is 14.7. The van der Waals surface area contributed by atoms with Gasteiger partial charge in [0, 0.05) is 16.8 Å². The Morgan fingerprint density at radius 3 is 2.90 bits per heavy atom. The van der Waals surface area contributed by atoms with Crippen molar-refractivity contribution in [2.24, 2.45) is 0 Å². The number of anilines is 1. The molecule has 0 fully saturated rings. The second kappa shape index (κ2) is 6.13. The van der Waals surface area contributed by atoms with Crippen molar-refractivity contribution in [1.29, 1.82) is 0 Å². The Labute approximate surface area is 122 Å². The molecular weight excluding hydrogens is 280 g/mol. The number of carbonyl (C=O) groups is 2. The van der Waals surface area contributed by atoms with Crippen LogP contribution in [0, 0.1) is 0 Å². The minimum atomic E-state index is -0.745. The van der Waals surface area contributed by atoms with E-state index in [9.17, 15) is 9.59 Å². The number of hydrogen-bond acceptors (Lipinski definition) is 4. The first-order valence-corrected chi connectivity index (χ1v) is 6.87. The zero-order valence-corrected chi connectivity index (χ0v) is 12.2. The normalized spacial score (nSPS) is 20.6. The molecule has 0 saturated carbocycles. The smallest absolute Gasteiger partial charge is 0.413 e. The Balaban J connectivity index is 2.30. The van der Waals surface area contributed by atoms with Crippen LogP contribution in [0.2, 0.25) is 5.02 Å². The summed E-state index contributed by atoms with van der Waals surface area (Å²) >= 11 is 6.00. The molecule has 0 aliphatic carbocycles. The third kappa shape index (κ3) is 3.04. The van der Waals surface area contributed by atoms with Crippen LogP contribution in [-0.2, 0) is 9.53 Å². The number of halogens is 1. The van der Waals surface area contributed by atoms with Gasteiger partial charge >= 0.3 is 6.09 Å². The Bertz CT molecular complexity index is 533. The van der Waals surface area contributed by atoms with E-state index in [4.69, 9.17) is 11.6 Å². The molecule has 0 bridgehead atoms. The Hall–Kier alpha value is -1.75. The molecule has 2 amide bonds. The average Bonchev–Trinajstić information content (AvgIpc) is 2.45. The van der Waals surface area contributed by atoms with Crippen LogP contribution in [0.1, 0.15) is 31.2 Å². The third-order valence-electron chi connectivity index (χ3n) is 3.49. The van der Waals surface area contributed by atoms with Crippen molar-refractivity contribution >= 4 is 29.3 Å². The predicted octanol–water partition coefficient (Wildman–Crippen LogP) is 2.90. The highest BCUT2D eigenvalue weighted by molar-refractivity contribution is 6.30. The van der Waals surface area contributed by atoms with Crippen LogP contribution < -0.4 is 10.6 Å². The van der Waals surface area contributed by atoms with Gasteiger partial charge in [-0.2, -0.15) is 0 Å². The van der Waals surface area contributed by atoms with Gasteiger partial charge in [-0.05, 0) is 36.6 Å². The summed E-state index contributed by atoms with van der Waals surface area (Å²) in [5, 5.41) is 6.17. The number of imide groups is 1. The summed E-state index contributed by atoms with van der Waals surface area (Å²) in [4.78, 5) is 23.4. The van der Waals surface area contributed by atoms with E-state index in [-0.39, 0.29) is 11.9 Å². The van der Waals surface area contributed by atoms with Gasteiger partial charge < -0.3 is 10.1 Å². The van der Waals surface area contributed by atoms with Crippen LogP contribution in [0.4, 0.5) is 10.5 Å². The van der Waals surface area contributed by atoms with Crippen LogP contribution in [0.25, 0.3) is 0 Å². The summed E-state index contributed by atoms with van der Waals surface area (Å²) < 4.78 is 4.46. The Kier molecular flexibility index (Phi) is 4.49. The number of carbonyl (C=O) groups excluding carboxylic acids is 2. The first kappa shape index (κ1) is 14.7. The number of hydrogen-bond donors (Lipinski definition) is 2. The van der Waals surface area contributed by atoms with Gasteiger partial charge in [0.25, 0.3) is 0 Å². The fraction of sp³-hybridized carbons (Fsp3) is 0.429. The van der Waals surface area contributed by atoms with Gasteiger partial charge in [0.15, 0.2) is 0 Å². The minimum absolute atomic E-state index is 0.192. The van der Waals surface area contributed by atoms with Crippen molar-refractivity contribution in [3.8, 4) is 0 Å². The van der Waals surface area contributed by atoms with Crippen molar-refractivity contribution < 1.29 is 14.3 Å². The fourth-order valence-electron chi connectivity index (χ4n) is 2.40. The van der Waals surface area contributed by atoms with E-state index in [0.29, 0.717) is 11.4 Å². The molecule has 2 N–H and O–H groups in total. The summed E-state index contributed by atoms with van der Waals surface area (Å²) in [6, 6.07) is 5.59. The molecule has 0 aromatic heterocycles. The highest BCUT2D eigenvalue weighted by atomic mass is 35.5. The standard InChI is InChI=1S/C14H17ClN2O3/c1-3-9-7-11(13(18)17-14(19)20-2)10-6-8(15)4-5-12(10)16-9/h4-6,9,11,16H,3,7H2,1-2H3,(H,17,18,19)/t9-,11+/m1/s1. The largest absolute Gasteiger partial charge is 0.453 e. The first-order valence-electron chi connectivity index (χ1n) is 6.50. The highest BCUT2D eigenvalue weighted by Crippen LogP contribution is 2.36. The van der Waals surface area contributed by atoms with Crippen molar-refractivity contribution in [2.45, 2.75) is 31.7 Å². The van der Waals surface area contributed by atoms with Gasteiger partial charge in [-0.3, -0.25) is 10.1 Å². The molecular formula is C14H17ClN2O3. The SMILES string of the molecule is CC[C@@H]1C[C@H](C(=O)NC(=O)OC)c2cc(Cl)ccc2N1. The van der Waals surface area contributed by atoms with Crippen LogP contribution in [-0.4, -0.2) is 25.2 Å². The monoisotopic (exact) mass is 296 g/mol. The molecule has 1 heterocycles. The molecule has 108 valence electrons. The number of methoxy groups -OCH3 is 1. The second-order valence-electron chi connectivity index (χ2n) is 4.75. The number of fused-ring (bicyclic) bond motifs is 1. The zero-order valence-electron chi connectivity index (χ0n) is 11.4. The maximum absolute atomic E-state index is 12.2. The van der Waals surface area contributed by atoms with Crippen molar-refractivity contribution in [3.63, 3.8) is 0 Å². The lowest BCUT2D eigenvalue weighted by Crippen LogP contribution is -2.39. The van der Waals surface area contributed by atoms with Crippen LogP contribution in [0.5, 0.6) is 0 Å². The molecule has 20 heavy (non-hydrogen) atoms. The molecule has 1 aliphatic rings. The quantitative estimate of drug-likeness (QED) is 0.880. The number of rotatable bonds is 2. The van der Waals surface area contributed by atoms with Crippen molar-refractivity contribution in [3.05, 3.63) is 28.8 Å². The maximum atomic E-state index is 12.2. The summed E-state index contributed by atoms with van der Waals surface area (Å²) in [5.74, 6) is -0.769. The number of nitrogens with one attached hydrogen (secondary N) is 2. The number of benzene rings is 1. The van der Waals surface area contributed by atoms with E-state index < -0.39 is 12.0 Å². The summed E-state index contributed by atoms with van der Waals surface area (Å²) in [5.41, 5.74) is 1.70. The number of amides is 2. The van der Waals surface area contributed by atoms with Gasteiger partial charge in [0.05, 0.1) is 13.0 Å². The molecule has 5 nitrogen and oxygen atoms in total. The van der Waals surface area contributed by atoms with Crippen LogP contribution in [0.15, 0.2) is 18.2 Å². The summed E-state index contributed by atoms with van der Waals surface area (Å²) in [7, 11) is 1.23. The van der Waals surface area contributed by atoms with Gasteiger partial charge in [-0.25, -0.2) is 4.79 Å². The van der Waals surface area contributed by atoms with Gasteiger partial charge in [-0.1, -0.05) is 18.5 Å². The van der Waals surface area contributed by atoms with Crippen LogP contribution in [0.3, 0.4) is 0 Å². The molecule has 2 atom stereocenters. The van der Waals surface area contributed by atoms with E-state index in [0.717, 1.165) is 17.7 Å². The number of alkyl carbamates (subject to hydrolysis) is 1. The van der Waals surface area contributed by atoms with Crippen LogP contribution >= 0.6 is 11.6 Å². The second-order valence-corrected chi connectivity index (χ2v) is 5.19. The third-order valence-corrected chi connectivity index (χ3v) is 3.72. The molecule has 0 unspecified atom stereocenters. The molecule has 0 saturated heterocycles. The molecule has 0 radical (unpaired) electrons. The maximum Gasteiger partial charge on any atom is 0.413 e. The van der Waals surface area contributed by atoms with Crippen molar-refractivity contribution in [1.82, 2.24) is 5.32 Å². The molecule has 1 aliphatic heterocycles. The van der Waals surface area contributed by atoms with E-state index in [1.807, 2.05) is 13.0 Å². The predicted molar refractivity (Wildman–Crippen MR) is 77.1 cm³/mol. The average molecular weight is 297 g/mol. The first-order chi connectivity index (χ1) is 9.55. The highest BCUT2D eigenvalue weighted by Gasteiger charge is 2.31. The van der Waals surface area contributed by atoms with Gasteiger partial charge in [0.2, 0.25) is 5.91 Å². The van der Waals surface area contributed by atoms with Gasteiger partial charge in [0.1, 0.15) is 0 Å². The van der Waals surface area contributed by atoms with E-state index in [1.165, 1.54) is 7.11 Å². The molecule has 2 rings (SSSR count). The van der Waals surface area contributed by atoms with Gasteiger partial charge in [-0.15, -0.1) is 0 Å². The molecule has 6 heteroatoms. The molecule has 1 aromatic carbocycles. The van der Waals surface area contributed by atoms with E-state index in [1.54, 1.807) is 12.1 Å². The van der Waals surface area contributed by atoms with Crippen molar-refractivity contribution in [2.75, 3.05) is 12.4 Å². The molecule has 1 aromatic rings. The van der Waals surface area contributed by atoms with E-state index in [2.05, 4.69) is 15.4 Å². The molecule has 0 spiro atoms. The fourth-order valence-corrected chi connectivity index (χ4v) is 2.58. The summed E-state index contributed by atoms with van der Waals surface area (Å²) in [6.45, 7) is 2.05. The minimum Gasteiger partial charge on any atom is -0.453 e. The van der Waals surface area contributed by atoms with E-state index >= 15 is 0 Å². The lowest BCUT2D eigenvalue weighted by atomic mass is 9.85. The number of ether oxygens (including phenoxy) is 1. The Morgan fingerprint density at radius 1 is 1.50 bits per heavy atom. The lowest BCUT2D eigenvalue weighted by Gasteiger charge is -2.32.